The Kier molecular flexibility index (Phi) is 5.04. The van der Waals surface area contributed by atoms with E-state index >= 15 is 0 Å². The summed E-state index contributed by atoms with van der Waals surface area (Å²) in [5, 5.41) is 11.4. The number of hydrogen-bond donors (Lipinski definition) is 1. The van der Waals surface area contributed by atoms with Gasteiger partial charge in [-0.2, -0.15) is 0 Å². The van der Waals surface area contributed by atoms with Crippen molar-refractivity contribution in [2.24, 2.45) is 0 Å². The molecule has 1 nitrogen and oxygen atoms in total. The molecule has 0 unspecified atom stereocenters. The van der Waals surface area contributed by atoms with Gasteiger partial charge in [0.25, 0.3) is 0 Å². The van der Waals surface area contributed by atoms with Gasteiger partial charge in [-0.3, -0.25) is 0 Å². The first-order valence-electron chi connectivity index (χ1n) is 9.50. The van der Waals surface area contributed by atoms with Crippen LogP contribution in [0.15, 0.2) is 91.0 Å². The molecule has 0 spiro atoms. The standard InChI is InChI=1S/C26H24O/c27-26(17-9-14-21-10-3-1-4-11-21)19-23-15-7-8-16-25(23)24(20-26)18-22-12-5-2-6-13-22/h1-16,18,27H,17,19-20H2/b14-9+,24-18+/t26-/m1/s1. The maximum absolute atomic E-state index is 11.4. The summed E-state index contributed by atoms with van der Waals surface area (Å²) in [6.07, 6.45) is 8.40. The predicted octanol–water partition coefficient (Wildman–Crippen LogP) is 6.01. The van der Waals surface area contributed by atoms with Crippen LogP contribution < -0.4 is 0 Å². The van der Waals surface area contributed by atoms with Crippen LogP contribution in [0.5, 0.6) is 0 Å². The molecule has 3 aromatic rings. The van der Waals surface area contributed by atoms with Crippen molar-refractivity contribution in [3.63, 3.8) is 0 Å². The Morgan fingerprint density at radius 2 is 1.37 bits per heavy atom. The van der Waals surface area contributed by atoms with Crippen LogP contribution in [0.3, 0.4) is 0 Å². The van der Waals surface area contributed by atoms with E-state index in [9.17, 15) is 5.11 Å². The number of aliphatic hydroxyl groups is 1. The van der Waals surface area contributed by atoms with E-state index < -0.39 is 5.60 Å². The van der Waals surface area contributed by atoms with E-state index in [2.05, 4.69) is 78.9 Å². The first-order chi connectivity index (χ1) is 13.2. The first-order valence-corrected chi connectivity index (χ1v) is 9.50. The van der Waals surface area contributed by atoms with Crippen LogP contribution in [-0.2, 0) is 6.42 Å². The molecule has 0 fully saturated rings. The second kappa shape index (κ2) is 7.77. The molecule has 1 aliphatic carbocycles. The molecule has 0 saturated heterocycles. The van der Waals surface area contributed by atoms with Gasteiger partial charge >= 0.3 is 0 Å². The molecule has 1 N–H and O–H groups in total. The average molecular weight is 352 g/mol. The van der Waals surface area contributed by atoms with Crippen LogP contribution >= 0.6 is 0 Å². The SMILES string of the molecule is O[C@@]1(C/C=C/c2ccccc2)C/C(=C\c2ccccc2)c2ccccc2C1. The number of fused-ring (bicyclic) bond motifs is 1. The second-order valence-electron chi connectivity index (χ2n) is 7.33. The molecular formula is C26H24O. The molecule has 0 amide bonds. The van der Waals surface area contributed by atoms with Gasteiger partial charge in [0, 0.05) is 12.8 Å². The highest BCUT2D eigenvalue weighted by molar-refractivity contribution is 5.84. The summed E-state index contributed by atoms with van der Waals surface area (Å²) >= 11 is 0. The van der Waals surface area contributed by atoms with Gasteiger partial charge in [0.05, 0.1) is 5.60 Å². The van der Waals surface area contributed by atoms with Crippen LogP contribution in [0.4, 0.5) is 0 Å². The minimum absolute atomic E-state index is 0.641. The van der Waals surface area contributed by atoms with Crippen molar-refractivity contribution in [1.29, 1.82) is 0 Å². The molecular weight excluding hydrogens is 328 g/mol. The normalized spacial score (nSPS) is 20.7. The van der Waals surface area contributed by atoms with Crippen LogP contribution in [-0.4, -0.2) is 10.7 Å². The van der Waals surface area contributed by atoms with Crippen molar-refractivity contribution in [3.8, 4) is 0 Å². The molecule has 0 aromatic heterocycles. The molecule has 134 valence electrons. The number of benzene rings is 3. The van der Waals surface area contributed by atoms with E-state index in [4.69, 9.17) is 0 Å². The van der Waals surface area contributed by atoms with Gasteiger partial charge in [0.1, 0.15) is 0 Å². The Hall–Kier alpha value is -2.90. The zero-order valence-corrected chi connectivity index (χ0v) is 15.4. The molecule has 0 aliphatic heterocycles. The smallest absolute Gasteiger partial charge is 0.0762 e. The van der Waals surface area contributed by atoms with Crippen LogP contribution in [0.25, 0.3) is 17.7 Å². The fraction of sp³-hybridized carbons (Fsp3) is 0.154. The lowest BCUT2D eigenvalue weighted by Crippen LogP contribution is -2.34. The Morgan fingerprint density at radius 1 is 0.741 bits per heavy atom. The molecule has 0 radical (unpaired) electrons. The summed E-state index contributed by atoms with van der Waals surface area (Å²) in [4.78, 5) is 0. The maximum Gasteiger partial charge on any atom is 0.0762 e. The third-order valence-electron chi connectivity index (χ3n) is 5.15. The van der Waals surface area contributed by atoms with Crippen molar-refractivity contribution in [2.75, 3.05) is 0 Å². The van der Waals surface area contributed by atoms with Gasteiger partial charge in [-0.05, 0) is 34.2 Å². The van der Waals surface area contributed by atoms with E-state index in [1.807, 2.05) is 24.3 Å². The van der Waals surface area contributed by atoms with Gasteiger partial charge < -0.3 is 5.11 Å². The van der Waals surface area contributed by atoms with Gasteiger partial charge in [0.2, 0.25) is 0 Å². The minimum atomic E-state index is -0.750. The molecule has 4 rings (SSSR count). The highest BCUT2D eigenvalue weighted by atomic mass is 16.3. The Balaban J connectivity index is 1.62. The summed E-state index contributed by atoms with van der Waals surface area (Å²) in [5.74, 6) is 0. The van der Waals surface area contributed by atoms with E-state index in [1.165, 1.54) is 22.3 Å². The summed E-state index contributed by atoms with van der Waals surface area (Å²) in [5.41, 5.74) is 5.28. The lowest BCUT2D eigenvalue weighted by Gasteiger charge is -2.34. The fourth-order valence-corrected chi connectivity index (χ4v) is 3.86. The monoisotopic (exact) mass is 352 g/mol. The fourth-order valence-electron chi connectivity index (χ4n) is 3.86. The Morgan fingerprint density at radius 3 is 2.11 bits per heavy atom. The van der Waals surface area contributed by atoms with Gasteiger partial charge in [-0.25, -0.2) is 0 Å². The Bertz CT molecular complexity index is 954. The van der Waals surface area contributed by atoms with Gasteiger partial charge in [-0.15, -0.1) is 0 Å². The van der Waals surface area contributed by atoms with E-state index in [1.54, 1.807) is 0 Å². The molecule has 0 bridgehead atoms. The highest BCUT2D eigenvalue weighted by Crippen LogP contribution is 2.39. The van der Waals surface area contributed by atoms with Gasteiger partial charge in [-0.1, -0.05) is 103 Å². The topological polar surface area (TPSA) is 20.2 Å². The Labute approximate surface area is 161 Å². The summed E-state index contributed by atoms with van der Waals surface area (Å²) in [6, 6.07) is 29.0. The zero-order valence-electron chi connectivity index (χ0n) is 15.4. The van der Waals surface area contributed by atoms with Crippen molar-refractivity contribution in [3.05, 3.63) is 113 Å². The van der Waals surface area contributed by atoms with Crippen molar-refractivity contribution in [2.45, 2.75) is 24.9 Å². The van der Waals surface area contributed by atoms with Crippen LogP contribution in [0, 0.1) is 0 Å². The molecule has 0 saturated carbocycles. The quantitative estimate of drug-likeness (QED) is 0.610. The lowest BCUT2D eigenvalue weighted by molar-refractivity contribution is 0.0464. The van der Waals surface area contributed by atoms with Crippen molar-refractivity contribution in [1.82, 2.24) is 0 Å². The number of hydrogen-bond acceptors (Lipinski definition) is 1. The van der Waals surface area contributed by atoms with E-state index in [-0.39, 0.29) is 0 Å². The predicted molar refractivity (Wildman–Crippen MR) is 114 cm³/mol. The number of rotatable bonds is 4. The minimum Gasteiger partial charge on any atom is -0.389 e. The molecule has 1 aliphatic rings. The highest BCUT2D eigenvalue weighted by Gasteiger charge is 2.33. The molecule has 0 heterocycles. The molecule has 1 atom stereocenters. The van der Waals surface area contributed by atoms with Gasteiger partial charge in [0.15, 0.2) is 0 Å². The third-order valence-corrected chi connectivity index (χ3v) is 5.15. The second-order valence-corrected chi connectivity index (χ2v) is 7.33. The van der Waals surface area contributed by atoms with Crippen LogP contribution in [0.2, 0.25) is 0 Å². The molecule has 3 aromatic carbocycles. The summed E-state index contributed by atoms with van der Waals surface area (Å²) in [7, 11) is 0. The van der Waals surface area contributed by atoms with Crippen molar-refractivity contribution >= 4 is 17.7 Å². The lowest BCUT2D eigenvalue weighted by atomic mass is 9.75. The van der Waals surface area contributed by atoms with E-state index in [0.29, 0.717) is 19.3 Å². The van der Waals surface area contributed by atoms with Crippen molar-refractivity contribution < 1.29 is 5.11 Å². The molecule has 1 heteroatoms. The first kappa shape index (κ1) is 17.5. The maximum atomic E-state index is 11.4. The molecule has 27 heavy (non-hydrogen) atoms. The summed E-state index contributed by atoms with van der Waals surface area (Å²) < 4.78 is 0. The third kappa shape index (κ3) is 4.27. The van der Waals surface area contributed by atoms with E-state index in [0.717, 1.165) is 5.56 Å². The van der Waals surface area contributed by atoms with Crippen LogP contribution in [0.1, 0.15) is 35.1 Å². The summed E-state index contributed by atoms with van der Waals surface area (Å²) in [6.45, 7) is 0. The average Bonchev–Trinajstić information content (AvgIpc) is 2.69. The zero-order chi connectivity index (χ0) is 18.5. The largest absolute Gasteiger partial charge is 0.389 e.